The van der Waals surface area contributed by atoms with E-state index >= 15 is 0 Å². The summed E-state index contributed by atoms with van der Waals surface area (Å²) in [5.41, 5.74) is 3.27. The molecular weight excluding hydrogens is 330 g/mol. The summed E-state index contributed by atoms with van der Waals surface area (Å²) in [4.78, 5) is 24.8. The topological polar surface area (TPSA) is 64.6 Å². The fourth-order valence-corrected chi connectivity index (χ4v) is 2.66. The zero-order valence-electron chi connectivity index (χ0n) is 15.7. The van der Waals surface area contributed by atoms with Crippen molar-refractivity contribution in [2.45, 2.75) is 39.7 Å². The average Bonchev–Trinajstić information content (AvgIpc) is 2.67. The Hall–Kier alpha value is -2.82. The Labute approximate surface area is 154 Å². The van der Waals surface area contributed by atoms with Gasteiger partial charge in [-0.2, -0.15) is 0 Å². The van der Waals surface area contributed by atoms with Crippen LogP contribution in [0.15, 0.2) is 42.5 Å². The molecule has 26 heavy (non-hydrogen) atoms. The molecule has 2 aromatic carbocycles. The van der Waals surface area contributed by atoms with E-state index in [2.05, 4.69) is 5.32 Å². The SMILES string of the molecule is CCc1cccc(CC)c1NC(=O)C(C)OC(=O)c1cccc(OC)c1. The van der Waals surface area contributed by atoms with Crippen molar-refractivity contribution in [2.75, 3.05) is 12.4 Å². The maximum Gasteiger partial charge on any atom is 0.339 e. The van der Waals surface area contributed by atoms with E-state index in [0.717, 1.165) is 29.7 Å². The molecule has 0 aromatic heterocycles. The lowest BCUT2D eigenvalue weighted by Gasteiger charge is -2.18. The molecule has 1 amide bonds. The summed E-state index contributed by atoms with van der Waals surface area (Å²) in [6.45, 7) is 5.64. The van der Waals surface area contributed by atoms with Gasteiger partial charge >= 0.3 is 5.97 Å². The second-order valence-corrected chi connectivity index (χ2v) is 5.93. The fourth-order valence-electron chi connectivity index (χ4n) is 2.66. The van der Waals surface area contributed by atoms with E-state index in [9.17, 15) is 9.59 Å². The number of para-hydroxylation sites is 1. The Kier molecular flexibility index (Phi) is 6.78. The first-order valence-corrected chi connectivity index (χ1v) is 8.76. The third-order valence-corrected chi connectivity index (χ3v) is 4.21. The van der Waals surface area contributed by atoms with Crippen molar-refractivity contribution in [1.29, 1.82) is 0 Å². The lowest BCUT2D eigenvalue weighted by atomic mass is 10.0. The van der Waals surface area contributed by atoms with Crippen LogP contribution < -0.4 is 10.1 Å². The number of ether oxygens (including phenoxy) is 2. The molecule has 2 rings (SSSR count). The van der Waals surface area contributed by atoms with Crippen molar-refractivity contribution in [1.82, 2.24) is 0 Å². The summed E-state index contributed by atoms with van der Waals surface area (Å²) in [5.74, 6) is -0.357. The van der Waals surface area contributed by atoms with Crippen molar-refractivity contribution >= 4 is 17.6 Å². The molecule has 1 unspecified atom stereocenters. The van der Waals surface area contributed by atoms with Gasteiger partial charge < -0.3 is 14.8 Å². The highest BCUT2D eigenvalue weighted by atomic mass is 16.5. The molecule has 0 aliphatic carbocycles. The van der Waals surface area contributed by atoms with Gasteiger partial charge in [-0.3, -0.25) is 4.79 Å². The van der Waals surface area contributed by atoms with Crippen molar-refractivity contribution in [2.24, 2.45) is 0 Å². The van der Waals surface area contributed by atoms with Crippen LogP contribution in [-0.4, -0.2) is 25.1 Å². The first kappa shape index (κ1) is 19.5. The third-order valence-electron chi connectivity index (χ3n) is 4.21. The summed E-state index contributed by atoms with van der Waals surface area (Å²) < 4.78 is 10.4. The van der Waals surface area contributed by atoms with Gasteiger partial charge in [0.25, 0.3) is 5.91 Å². The number of carbonyl (C=O) groups is 2. The second kappa shape index (κ2) is 9.04. The van der Waals surface area contributed by atoms with Crippen LogP contribution in [0.5, 0.6) is 5.75 Å². The van der Waals surface area contributed by atoms with Gasteiger partial charge in [-0.05, 0) is 49.1 Å². The van der Waals surface area contributed by atoms with Crippen molar-refractivity contribution in [3.05, 3.63) is 59.2 Å². The Morgan fingerprint density at radius 3 is 2.23 bits per heavy atom. The molecule has 0 radical (unpaired) electrons. The number of anilines is 1. The molecule has 0 aliphatic heterocycles. The fraction of sp³-hybridized carbons (Fsp3) is 0.333. The van der Waals surface area contributed by atoms with Gasteiger partial charge in [0.1, 0.15) is 5.75 Å². The number of carbonyl (C=O) groups excluding carboxylic acids is 2. The minimum atomic E-state index is -0.914. The second-order valence-electron chi connectivity index (χ2n) is 5.93. The molecular formula is C21H25NO4. The summed E-state index contributed by atoms with van der Waals surface area (Å²) >= 11 is 0. The highest BCUT2D eigenvalue weighted by Crippen LogP contribution is 2.23. The monoisotopic (exact) mass is 355 g/mol. The van der Waals surface area contributed by atoms with E-state index in [1.807, 2.05) is 32.0 Å². The van der Waals surface area contributed by atoms with Crippen LogP contribution in [0.1, 0.15) is 42.3 Å². The molecule has 0 fully saturated rings. The van der Waals surface area contributed by atoms with Crippen LogP contribution in [0.2, 0.25) is 0 Å². The van der Waals surface area contributed by atoms with Gasteiger partial charge in [-0.1, -0.05) is 38.1 Å². The minimum absolute atomic E-state index is 0.340. The lowest BCUT2D eigenvalue weighted by Crippen LogP contribution is -2.30. The van der Waals surface area contributed by atoms with Crippen LogP contribution >= 0.6 is 0 Å². The Balaban J connectivity index is 2.09. The van der Waals surface area contributed by atoms with E-state index in [1.165, 1.54) is 7.11 Å². The third kappa shape index (κ3) is 4.63. The smallest absolute Gasteiger partial charge is 0.339 e. The number of amides is 1. The van der Waals surface area contributed by atoms with Gasteiger partial charge in [0.15, 0.2) is 6.10 Å². The molecule has 2 aromatic rings. The number of rotatable bonds is 7. The van der Waals surface area contributed by atoms with Gasteiger partial charge in [-0.15, -0.1) is 0 Å². The largest absolute Gasteiger partial charge is 0.497 e. The molecule has 0 saturated carbocycles. The average molecular weight is 355 g/mol. The highest BCUT2D eigenvalue weighted by Gasteiger charge is 2.21. The quantitative estimate of drug-likeness (QED) is 0.762. The number of aryl methyl sites for hydroxylation is 2. The number of esters is 1. The molecule has 0 aliphatic rings. The van der Waals surface area contributed by atoms with E-state index in [-0.39, 0.29) is 5.91 Å². The summed E-state index contributed by atoms with van der Waals surface area (Å²) in [6, 6.07) is 12.6. The first-order valence-electron chi connectivity index (χ1n) is 8.76. The van der Waals surface area contributed by atoms with E-state index in [0.29, 0.717) is 11.3 Å². The van der Waals surface area contributed by atoms with Gasteiger partial charge in [0.2, 0.25) is 0 Å². The van der Waals surface area contributed by atoms with Gasteiger partial charge in [0.05, 0.1) is 12.7 Å². The molecule has 0 bridgehead atoms. The Morgan fingerprint density at radius 1 is 1.04 bits per heavy atom. The molecule has 0 spiro atoms. The molecule has 0 heterocycles. The number of nitrogens with one attached hydrogen (secondary N) is 1. The number of benzene rings is 2. The first-order chi connectivity index (χ1) is 12.5. The minimum Gasteiger partial charge on any atom is -0.497 e. The van der Waals surface area contributed by atoms with Gasteiger partial charge in [-0.25, -0.2) is 4.79 Å². The molecule has 138 valence electrons. The predicted octanol–water partition coefficient (Wildman–Crippen LogP) is 4.00. The van der Waals surface area contributed by atoms with Crippen molar-refractivity contribution < 1.29 is 19.1 Å². The van der Waals surface area contributed by atoms with Crippen LogP contribution in [0, 0.1) is 0 Å². The van der Waals surface area contributed by atoms with Crippen LogP contribution in [0.25, 0.3) is 0 Å². The Morgan fingerprint density at radius 2 is 1.65 bits per heavy atom. The van der Waals surface area contributed by atoms with Crippen LogP contribution in [-0.2, 0) is 22.4 Å². The van der Waals surface area contributed by atoms with Crippen molar-refractivity contribution in [3.8, 4) is 5.75 Å². The maximum absolute atomic E-state index is 12.5. The van der Waals surface area contributed by atoms with Crippen LogP contribution in [0.4, 0.5) is 5.69 Å². The molecule has 1 N–H and O–H groups in total. The lowest BCUT2D eigenvalue weighted by molar-refractivity contribution is -0.123. The summed E-state index contributed by atoms with van der Waals surface area (Å²) in [5, 5.41) is 2.92. The molecule has 0 saturated heterocycles. The molecule has 5 heteroatoms. The summed E-state index contributed by atoms with van der Waals surface area (Å²) in [6.07, 6.45) is 0.700. The Bertz CT molecular complexity index is 763. The number of hydrogen-bond donors (Lipinski definition) is 1. The number of hydrogen-bond acceptors (Lipinski definition) is 4. The predicted molar refractivity (Wildman–Crippen MR) is 102 cm³/mol. The zero-order valence-corrected chi connectivity index (χ0v) is 15.7. The molecule has 1 atom stereocenters. The van der Waals surface area contributed by atoms with Crippen molar-refractivity contribution in [3.63, 3.8) is 0 Å². The van der Waals surface area contributed by atoms with Gasteiger partial charge in [0, 0.05) is 5.69 Å². The van der Waals surface area contributed by atoms with Crippen LogP contribution in [0.3, 0.4) is 0 Å². The zero-order chi connectivity index (χ0) is 19.1. The normalized spacial score (nSPS) is 11.5. The number of methoxy groups -OCH3 is 1. The van der Waals surface area contributed by atoms with E-state index < -0.39 is 12.1 Å². The molecule has 5 nitrogen and oxygen atoms in total. The van der Waals surface area contributed by atoms with E-state index in [4.69, 9.17) is 9.47 Å². The standard InChI is InChI=1S/C21H25NO4/c1-5-15-9-7-10-16(6-2)19(15)22-20(23)14(3)26-21(24)17-11-8-12-18(13-17)25-4/h7-14H,5-6H2,1-4H3,(H,22,23). The maximum atomic E-state index is 12.5. The highest BCUT2D eigenvalue weighted by molar-refractivity contribution is 5.98. The van der Waals surface area contributed by atoms with E-state index in [1.54, 1.807) is 31.2 Å². The summed E-state index contributed by atoms with van der Waals surface area (Å²) in [7, 11) is 1.52.